The van der Waals surface area contributed by atoms with E-state index in [1.165, 1.54) is 12.2 Å². The number of rotatable bonds is 12. The number of aliphatic carboxylic acids is 2. The van der Waals surface area contributed by atoms with Gasteiger partial charge in [0.15, 0.2) is 0 Å². The van der Waals surface area contributed by atoms with Crippen LogP contribution in [0.25, 0.3) is 36.5 Å². The van der Waals surface area contributed by atoms with Crippen molar-refractivity contribution in [3.05, 3.63) is 142 Å². The van der Waals surface area contributed by atoms with Crippen LogP contribution in [0, 0.1) is 22.7 Å². The van der Waals surface area contributed by atoms with E-state index in [9.17, 15) is 19.8 Å². The first kappa shape index (κ1) is 35.0. The summed E-state index contributed by atoms with van der Waals surface area (Å²) in [5, 5.41) is 36.6. The molecule has 10 heteroatoms. The normalized spacial score (nSPS) is 11.8. The van der Waals surface area contributed by atoms with Crippen LogP contribution in [0.5, 0.6) is 5.75 Å². The van der Waals surface area contributed by atoms with E-state index in [1.807, 2.05) is 132 Å². The van der Waals surface area contributed by atoms with Crippen LogP contribution in [0.4, 0.5) is 17.1 Å². The van der Waals surface area contributed by atoms with Crippen molar-refractivity contribution in [2.45, 2.75) is 0 Å². The predicted octanol–water partition coefficient (Wildman–Crippen LogP) is 8.17. The minimum atomic E-state index is -1.27. The molecule has 0 saturated heterocycles. The third kappa shape index (κ3) is 8.23. The highest BCUT2D eigenvalue weighted by atomic mass is 16.5. The number of anilines is 3. The Morgan fingerprint density at radius 1 is 0.588 bits per heavy atom. The summed E-state index contributed by atoms with van der Waals surface area (Å²) >= 11 is 0. The molecule has 0 unspecified atom stereocenters. The first-order valence-electron chi connectivity index (χ1n) is 15.6. The van der Waals surface area contributed by atoms with E-state index in [4.69, 9.17) is 15.3 Å². The summed E-state index contributed by atoms with van der Waals surface area (Å²) in [4.78, 5) is 24.6. The monoisotopic (exact) mass is 675 g/mol. The maximum atomic E-state index is 11.2. The van der Waals surface area contributed by atoms with Crippen LogP contribution < -0.4 is 9.64 Å². The topological polar surface area (TPSA) is 145 Å². The quantitative estimate of drug-likeness (QED) is 0.0995. The predicted molar refractivity (Wildman–Crippen MR) is 199 cm³/mol. The zero-order valence-electron chi connectivity index (χ0n) is 28.1. The Bertz CT molecular complexity index is 2130. The van der Waals surface area contributed by atoms with Crippen molar-refractivity contribution in [1.29, 1.82) is 10.5 Å². The Hall–Kier alpha value is -7.30. The molecule has 0 radical (unpaired) electrons. The Kier molecular flexibility index (Phi) is 10.8. The number of nitrogens with zero attached hydrogens (tertiary/aromatic N) is 5. The van der Waals surface area contributed by atoms with Gasteiger partial charge in [0.05, 0.1) is 7.11 Å². The van der Waals surface area contributed by atoms with Gasteiger partial charge in [0.2, 0.25) is 0 Å². The average molecular weight is 676 g/mol. The van der Waals surface area contributed by atoms with Gasteiger partial charge in [0.25, 0.3) is 0 Å². The molecule has 2 heterocycles. The number of aromatic nitrogens is 2. The van der Waals surface area contributed by atoms with Crippen molar-refractivity contribution in [2.75, 3.05) is 12.0 Å². The summed E-state index contributed by atoms with van der Waals surface area (Å²) in [6, 6.07) is 34.7. The fraction of sp³-hybridized carbons (Fsp3) is 0.0732. The van der Waals surface area contributed by atoms with Crippen LogP contribution >= 0.6 is 0 Å². The zero-order chi connectivity index (χ0) is 36.5. The molecule has 10 nitrogen and oxygen atoms in total. The fourth-order valence-corrected chi connectivity index (χ4v) is 5.30. The molecule has 0 saturated carbocycles. The Balaban J connectivity index is 1.39. The molecule has 0 amide bonds. The van der Waals surface area contributed by atoms with Gasteiger partial charge in [0.1, 0.15) is 29.0 Å². The van der Waals surface area contributed by atoms with Crippen LogP contribution in [-0.4, -0.2) is 38.4 Å². The summed E-state index contributed by atoms with van der Waals surface area (Å²) in [7, 11) is 5.25. The maximum absolute atomic E-state index is 11.2. The van der Waals surface area contributed by atoms with Gasteiger partial charge in [-0.15, -0.1) is 0 Å². The Morgan fingerprint density at radius 3 is 1.27 bits per heavy atom. The summed E-state index contributed by atoms with van der Waals surface area (Å²) in [5.41, 5.74) is 6.97. The molecule has 5 aromatic rings. The van der Waals surface area contributed by atoms with Gasteiger partial charge in [-0.3, -0.25) is 0 Å². The van der Waals surface area contributed by atoms with Gasteiger partial charge in [-0.05, 0) is 108 Å². The number of hydrogen-bond acceptors (Lipinski definition) is 6. The molecule has 5 rings (SSSR count). The minimum Gasteiger partial charge on any atom is -0.497 e. The Morgan fingerprint density at radius 2 is 0.941 bits per heavy atom. The number of benzene rings is 3. The Labute approximate surface area is 295 Å². The van der Waals surface area contributed by atoms with E-state index in [2.05, 4.69) is 4.90 Å². The zero-order valence-corrected chi connectivity index (χ0v) is 28.1. The van der Waals surface area contributed by atoms with Crippen molar-refractivity contribution in [2.24, 2.45) is 14.1 Å². The molecule has 51 heavy (non-hydrogen) atoms. The van der Waals surface area contributed by atoms with Crippen molar-refractivity contribution < 1.29 is 24.5 Å². The van der Waals surface area contributed by atoms with Crippen LogP contribution in [-0.2, 0) is 23.7 Å². The van der Waals surface area contributed by atoms with Gasteiger partial charge in [-0.25, -0.2) is 9.59 Å². The fourth-order valence-electron chi connectivity index (χ4n) is 5.30. The van der Waals surface area contributed by atoms with Crippen molar-refractivity contribution in [1.82, 2.24) is 9.13 Å². The largest absolute Gasteiger partial charge is 0.497 e. The number of nitriles is 2. The first-order chi connectivity index (χ1) is 24.6. The molecule has 3 aromatic carbocycles. The number of ether oxygens (including phenoxy) is 1. The lowest BCUT2D eigenvalue weighted by atomic mass is 10.1. The van der Waals surface area contributed by atoms with Crippen molar-refractivity contribution in [3.8, 4) is 17.9 Å². The number of carboxylic acid groups (broad SMARTS) is 2. The van der Waals surface area contributed by atoms with E-state index in [-0.39, 0.29) is 11.1 Å². The third-order valence-corrected chi connectivity index (χ3v) is 8.21. The second kappa shape index (κ2) is 15.7. The van der Waals surface area contributed by atoms with Gasteiger partial charge in [-0.1, -0.05) is 36.4 Å². The average Bonchev–Trinajstić information content (AvgIpc) is 3.68. The molecule has 2 aromatic heterocycles. The van der Waals surface area contributed by atoms with Crippen LogP contribution in [0.1, 0.15) is 33.9 Å². The molecule has 0 fully saturated rings. The third-order valence-electron chi connectivity index (χ3n) is 8.21. The molecule has 252 valence electrons. The molecule has 0 atom stereocenters. The summed E-state index contributed by atoms with van der Waals surface area (Å²) in [5.74, 6) is -1.79. The minimum absolute atomic E-state index is 0.332. The smallest absolute Gasteiger partial charge is 0.346 e. The van der Waals surface area contributed by atoms with Crippen LogP contribution in [0.2, 0.25) is 0 Å². The SMILES string of the molecule is COc1ccc(N(c2ccc(C=Cc3ccc(C=C(C#N)C(=O)O)n3C)cc2)c2ccc(C=Cc3ccc(C=C(C#N)C(=O)O)n3C)cc2)cc1. The lowest BCUT2D eigenvalue weighted by molar-refractivity contribution is -0.133. The number of carbonyl (C=O) groups is 2. The van der Waals surface area contributed by atoms with E-state index in [0.717, 1.165) is 45.3 Å². The highest BCUT2D eigenvalue weighted by molar-refractivity contribution is 5.97. The summed E-state index contributed by atoms with van der Waals surface area (Å²) in [6.45, 7) is 0. The molecule has 0 aliphatic carbocycles. The van der Waals surface area contributed by atoms with Crippen molar-refractivity contribution >= 4 is 65.5 Å². The lowest BCUT2D eigenvalue weighted by Crippen LogP contribution is -2.09. The molecule has 0 spiro atoms. The first-order valence-corrected chi connectivity index (χ1v) is 15.6. The highest BCUT2D eigenvalue weighted by Crippen LogP contribution is 2.36. The van der Waals surface area contributed by atoms with Gasteiger partial charge in [-0.2, -0.15) is 10.5 Å². The summed E-state index contributed by atoms with van der Waals surface area (Å²) < 4.78 is 9.02. The number of methoxy groups -OCH3 is 1. The van der Waals surface area contributed by atoms with Crippen LogP contribution in [0.3, 0.4) is 0 Å². The number of hydrogen-bond donors (Lipinski definition) is 2. The maximum Gasteiger partial charge on any atom is 0.346 e. The van der Waals surface area contributed by atoms with E-state index in [1.54, 1.807) is 31.4 Å². The van der Waals surface area contributed by atoms with Gasteiger partial charge < -0.3 is 29.0 Å². The highest BCUT2D eigenvalue weighted by Gasteiger charge is 2.14. The molecule has 0 aliphatic heterocycles. The van der Waals surface area contributed by atoms with Crippen molar-refractivity contribution in [3.63, 3.8) is 0 Å². The van der Waals surface area contributed by atoms with Gasteiger partial charge in [0, 0.05) is 53.9 Å². The van der Waals surface area contributed by atoms with E-state index < -0.39 is 11.9 Å². The lowest BCUT2D eigenvalue weighted by Gasteiger charge is -2.26. The summed E-state index contributed by atoms with van der Waals surface area (Å²) in [6.07, 6.45) is 10.5. The molecule has 2 N–H and O–H groups in total. The molecular weight excluding hydrogens is 642 g/mol. The second-order valence-electron chi connectivity index (χ2n) is 11.3. The second-order valence-corrected chi connectivity index (χ2v) is 11.3. The molecule has 0 aliphatic rings. The molecule has 0 bridgehead atoms. The van der Waals surface area contributed by atoms with E-state index in [0.29, 0.717) is 11.4 Å². The van der Waals surface area contributed by atoms with E-state index >= 15 is 0 Å². The van der Waals surface area contributed by atoms with Gasteiger partial charge >= 0.3 is 11.9 Å². The van der Waals surface area contributed by atoms with Crippen LogP contribution in [0.15, 0.2) is 108 Å². The standard InChI is InChI=1S/C41H33N5O5/c1-44-32(16-18-37(44)24-30(26-42)40(47)48)10-4-28-6-12-34(13-7-28)46(36-20-22-39(51-3)23-21-36)35-14-8-29(9-15-35)5-11-33-17-19-38(45(33)2)25-31(27-43)41(49)50/h4-25H,1-3H3,(H,47,48)(H,49,50). The number of carboxylic acids is 2. The molecular formula is C41H33N5O5.